The number of fused-ring (bicyclic) bond motifs is 3. The van der Waals surface area contributed by atoms with Gasteiger partial charge in [-0.15, -0.1) is 5.10 Å². The fourth-order valence-corrected chi connectivity index (χ4v) is 4.49. The standard InChI is InChI=1S/C27H35N5O5/c1-19-14-32(20(2)17-33)26(34)12-7-13-31-15-22(28-29-31)18-36-25(19)16-30(3)27(35)37-24-11-6-9-21-8-4-5-10-23(21)24/h4-6,8-11,15,19-20,25,33H,7,12-14,16-18H2,1-3H3/t19-,20+,25-/m1/s1. The van der Waals surface area contributed by atoms with E-state index in [0.717, 1.165) is 10.8 Å². The molecule has 0 radical (unpaired) electrons. The van der Waals surface area contributed by atoms with E-state index in [2.05, 4.69) is 10.3 Å². The molecule has 1 N–H and O–H groups in total. The summed E-state index contributed by atoms with van der Waals surface area (Å²) in [5.41, 5.74) is 0.685. The molecule has 2 aromatic carbocycles. The second kappa shape index (κ2) is 12.2. The summed E-state index contributed by atoms with van der Waals surface area (Å²) in [6.07, 6.45) is 1.86. The van der Waals surface area contributed by atoms with Crippen LogP contribution in [0.2, 0.25) is 0 Å². The van der Waals surface area contributed by atoms with Gasteiger partial charge in [0.1, 0.15) is 11.4 Å². The minimum Gasteiger partial charge on any atom is -0.410 e. The molecular formula is C27H35N5O5. The highest BCUT2D eigenvalue weighted by atomic mass is 16.6. The maximum atomic E-state index is 13.1. The van der Waals surface area contributed by atoms with Gasteiger partial charge in [0.2, 0.25) is 5.91 Å². The molecular weight excluding hydrogens is 474 g/mol. The molecule has 0 unspecified atom stereocenters. The Hall–Kier alpha value is -3.50. The van der Waals surface area contributed by atoms with Crippen LogP contribution in [0.25, 0.3) is 10.8 Å². The summed E-state index contributed by atoms with van der Waals surface area (Å²) >= 11 is 0. The van der Waals surface area contributed by atoms with Gasteiger partial charge in [-0.05, 0) is 24.8 Å². The van der Waals surface area contributed by atoms with E-state index in [4.69, 9.17) is 9.47 Å². The molecule has 0 saturated heterocycles. The molecule has 1 aromatic heterocycles. The Kier molecular flexibility index (Phi) is 8.73. The van der Waals surface area contributed by atoms with E-state index in [1.165, 1.54) is 4.90 Å². The van der Waals surface area contributed by atoms with E-state index in [1.54, 1.807) is 22.7 Å². The normalized spacial score (nSPS) is 20.0. The van der Waals surface area contributed by atoms with Gasteiger partial charge in [0.05, 0.1) is 38.1 Å². The molecule has 3 aromatic rings. The Morgan fingerprint density at radius 3 is 2.86 bits per heavy atom. The van der Waals surface area contributed by atoms with Crippen molar-refractivity contribution in [3.8, 4) is 5.75 Å². The van der Waals surface area contributed by atoms with Gasteiger partial charge in [-0.1, -0.05) is 48.5 Å². The number of benzene rings is 2. The highest BCUT2D eigenvalue weighted by Crippen LogP contribution is 2.26. The second-order valence-electron chi connectivity index (χ2n) is 9.71. The molecule has 37 heavy (non-hydrogen) atoms. The first-order chi connectivity index (χ1) is 17.9. The third kappa shape index (κ3) is 6.64. The lowest BCUT2D eigenvalue weighted by Gasteiger charge is -2.35. The molecule has 0 saturated carbocycles. The first kappa shape index (κ1) is 26.6. The molecule has 2 bridgehead atoms. The van der Waals surface area contributed by atoms with Crippen LogP contribution in [0.1, 0.15) is 32.4 Å². The Morgan fingerprint density at radius 1 is 1.27 bits per heavy atom. The zero-order chi connectivity index (χ0) is 26.4. The Labute approximate surface area is 216 Å². The van der Waals surface area contributed by atoms with E-state index < -0.39 is 12.2 Å². The van der Waals surface area contributed by atoms with Crippen LogP contribution in [0.4, 0.5) is 4.79 Å². The molecule has 1 aliphatic heterocycles. The number of carbonyl (C=O) groups is 2. The van der Waals surface area contributed by atoms with E-state index >= 15 is 0 Å². The Morgan fingerprint density at radius 2 is 2.05 bits per heavy atom. The van der Waals surface area contributed by atoms with Crippen molar-refractivity contribution in [2.45, 2.75) is 52.0 Å². The molecule has 198 valence electrons. The number of likely N-dealkylation sites (N-methyl/N-ethyl adjacent to an activating group) is 1. The van der Waals surface area contributed by atoms with Crippen LogP contribution in [0.5, 0.6) is 5.75 Å². The van der Waals surface area contributed by atoms with Gasteiger partial charge in [-0.25, -0.2) is 4.79 Å². The topological polar surface area (TPSA) is 110 Å². The average molecular weight is 510 g/mol. The second-order valence-corrected chi connectivity index (χ2v) is 9.71. The quantitative estimate of drug-likeness (QED) is 0.563. The molecule has 1 aliphatic rings. The van der Waals surface area contributed by atoms with E-state index in [1.807, 2.05) is 56.4 Å². The number of aliphatic hydroxyl groups is 1. The van der Waals surface area contributed by atoms with Crippen molar-refractivity contribution in [3.63, 3.8) is 0 Å². The summed E-state index contributed by atoms with van der Waals surface area (Å²) in [4.78, 5) is 29.3. The number of amides is 2. The van der Waals surface area contributed by atoms with Crippen LogP contribution in [0.15, 0.2) is 48.7 Å². The van der Waals surface area contributed by atoms with Crippen molar-refractivity contribution in [1.82, 2.24) is 24.8 Å². The van der Waals surface area contributed by atoms with Crippen LogP contribution in [0, 0.1) is 5.92 Å². The molecule has 4 rings (SSSR count). The summed E-state index contributed by atoms with van der Waals surface area (Å²) in [6, 6.07) is 13.0. The summed E-state index contributed by atoms with van der Waals surface area (Å²) < 4.78 is 13.7. The lowest BCUT2D eigenvalue weighted by Crippen LogP contribution is -2.48. The van der Waals surface area contributed by atoms with Crippen molar-refractivity contribution < 1.29 is 24.2 Å². The summed E-state index contributed by atoms with van der Waals surface area (Å²) in [6.45, 7) is 5.11. The van der Waals surface area contributed by atoms with Gasteiger partial charge >= 0.3 is 6.09 Å². The molecule has 0 aliphatic carbocycles. The predicted octanol–water partition coefficient (Wildman–Crippen LogP) is 3.09. The van der Waals surface area contributed by atoms with Crippen molar-refractivity contribution in [2.24, 2.45) is 5.92 Å². The number of aliphatic hydroxyl groups excluding tert-OH is 1. The maximum absolute atomic E-state index is 13.1. The predicted molar refractivity (Wildman–Crippen MR) is 138 cm³/mol. The lowest BCUT2D eigenvalue weighted by atomic mass is 10.0. The van der Waals surface area contributed by atoms with Crippen molar-refractivity contribution in [2.75, 3.05) is 26.7 Å². The minimum atomic E-state index is -0.502. The monoisotopic (exact) mass is 509 g/mol. The number of hydrogen-bond acceptors (Lipinski definition) is 7. The molecule has 10 nitrogen and oxygen atoms in total. The van der Waals surface area contributed by atoms with Crippen LogP contribution in [0.3, 0.4) is 0 Å². The summed E-state index contributed by atoms with van der Waals surface area (Å²) in [7, 11) is 1.67. The van der Waals surface area contributed by atoms with Gasteiger partial charge in [-0.3, -0.25) is 9.48 Å². The van der Waals surface area contributed by atoms with Gasteiger partial charge in [0.25, 0.3) is 0 Å². The first-order valence-corrected chi connectivity index (χ1v) is 12.7. The number of carbonyl (C=O) groups excluding carboxylic acids is 2. The Bertz CT molecular complexity index is 1210. The number of ether oxygens (including phenoxy) is 2. The van der Waals surface area contributed by atoms with E-state index in [0.29, 0.717) is 37.4 Å². The van der Waals surface area contributed by atoms with Crippen LogP contribution < -0.4 is 4.74 Å². The SMILES string of the molecule is C[C@@H]1CN([C@@H](C)CO)C(=O)CCCn2cc(nn2)CO[C@@H]1CN(C)C(=O)Oc1cccc2ccccc12. The molecule has 0 fully saturated rings. The smallest absolute Gasteiger partial charge is 0.410 e. The number of rotatable bonds is 5. The fraction of sp³-hybridized carbons (Fsp3) is 0.481. The molecule has 2 heterocycles. The molecule has 10 heteroatoms. The number of nitrogens with zero attached hydrogens (tertiary/aromatic N) is 5. The highest BCUT2D eigenvalue weighted by molar-refractivity contribution is 5.90. The van der Waals surface area contributed by atoms with Crippen molar-refractivity contribution in [1.29, 1.82) is 0 Å². The molecule has 3 atom stereocenters. The summed E-state index contributed by atoms with van der Waals surface area (Å²) in [5.74, 6) is 0.320. The van der Waals surface area contributed by atoms with Gasteiger partial charge < -0.3 is 24.4 Å². The fourth-order valence-electron chi connectivity index (χ4n) is 4.49. The summed E-state index contributed by atoms with van der Waals surface area (Å²) in [5, 5.41) is 19.9. The average Bonchev–Trinajstić information content (AvgIpc) is 3.36. The van der Waals surface area contributed by atoms with Gasteiger partial charge in [0.15, 0.2) is 0 Å². The van der Waals surface area contributed by atoms with Crippen molar-refractivity contribution >= 4 is 22.8 Å². The number of aromatic nitrogens is 3. The number of hydrogen-bond donors (Lipinski definition) is 1. The van der Waals surface area contributed by atoms with E-state index in [9.17, 15) is 14.7 Å². The minimum absolute atomic E-state index is 0.0320. The van der Waals surface area contributed by atoms with Crippen molar-refractivity contribution in [3.05, 3.63) is 54.4 Å². The first-order valence-electron chi connectivity index (χ1n) is 12.7. The Balaban J connectivity index is 1.51. The zero-order valence-corrected chi connectivity index (χ0v) is 21.6. The van der Waals surface area contributed by atoms with Gasteiger partial charge in [0, 0.05) is 37.9 Å². The van der Waals surface area contributed by atoms with Crippen LogP contribution in [-0.4, -0.2) is 80.8 Å². The largest absolute Gasteiger partial charge is 0.415 e. The molecule has 2 amide bonds. The third-order valence-electron chi connectivity index (χ3n) is 6.76. The maximum Gasteiger partial charge on any atom is 0.415 e. The number of aryl methyl sites for hydroxylation is 1. The molecule has 0 spiro atoms. The highest BCUT2D eigenvalue weighted by Gasteiger charge is 2.29. The lowest BCUT2D eigenvalue weighted by molar-refractivity contribution is -0.136. The van der Waals surface area contributed by atoms with Gasteiger partial charge in [-0.2, -0.15) is 0 Å². The van der Waals surface area contributed by atoms with E-state index in [-0.39, 0.29) is 37.6 Å². The zero-order valence-electron chi connectivity index (χ0n) is 21.6. The van der Waals surface area contributed by atoms with Crippen LogP contribution in [-0.2, 0) is 22.7 Å². The third-order valence-corrected chi connectivity index (χ3v) is 6.76. The van der Waals surface area contributed by atoms with Crippen LogP contribution >= 0.6 is 0 Å².